The Kier molecular flexibility index (Phi) is 5.29. The molecule has 2 heterocycles. The van der Waals surface area contributed by atoms with Crippen molar-refractivity contribution < 1.29 is 4.79 Å². The maximum atomic E-state index is 12.3. The first kappa shape index (κ1) is 21.1. The van der Waals surface area contributed by atoms with Crippen molar-refractivity contribution in [3.63, 3.8) is 0 Å². The third-order valence-electron chi connectivity index (χ3n) is 7.63. The molecule has 0 fully saturated rings. The second-order valence-corrected chi connectivity index (χ2v) is 10.2. The molecule has 3 nitrogen and oxygen atoms in total. The van der Waals surface area contributed by atoms with Crippen molar-refractivity contribution in [2.45, 2.75) is 37.5 Å². The fourth-order valence-electron chi connectivity index (χ4n) is 5.59. The Labute approximate surface area is 195 Å². The SMILES string of the molecule is CSC(=O)Nc1cc2c3c(c1)[C@](C)(c1ccccc1)CCN3CC[C@@]2(C)c1ccccc1. The summed E-state index contributed by atoms with van der Waals surface area (Å²) < 4.78 is 0. The van der Waals surface area contributed by atoms with Crippen LogP contribution in [0.1, 0.15) is 48.9 Å². The zero-order chi connectivity index (χ0) is 22.3. The summed E-state index contributed by atoms with van der Waals surface area (Å²) in [5.74, 6) is 0. The molecule has 2 atom stereocenters. The van der Waals surface area contributed by atoms with Gasteiger partial charge < -0.3 is 10.2 Å². The number of thioether (sulfide) groups is 1. The van der Waals surface area contributed by atoms with E-state index in [1.807, 2.05) is 6.26 Å². The Balaban J connectivity index is 1.77. The van der Waals surface area contributed by atoms with Crippen LogP contribution in [0.3, 0.4) is 0 Å². The average molecular weight is 443 g/mol. The molecule has 0 saturated carbocycles. The quantitative estimate of drug-likeness (QED) is 0.484. The zero-order valence-electron chi connectivity index (χ0n) is 19.0. The molecule has 0 radical (unpaired) electrons. The first-order chi connectivity index (χ1) is 15.5. The Morgan fingerprint density at radius 3 is 1.75 bits per heavy atom. The molecule has 0 saturated heterocycles. The highest BCUT2D eigenvalue weighted by molar-refractivity contribution is 8.13. The predicted octanol–water partition coefficient (Wildman–Crippen LogP) is 6.81. The lowest BCUT2D eigenvalue weighted by Gasteiger charge is -2.50. The lowest BCUT2D eigenvalue weighted by Crippen LogP contribution is -2.47. The normalized spacial score (nSPS) is 24.0. The van der Waals surface area contributed by atoms with Crippen LogP contribution in [0.25, 0.3) is 0 Å². The monoisotopic (exact) mass is 442 g/mol. The van der Waals surface area contributed by atoms with Gasteiger partial charge in [-0.05, 0) is 53.5 Å². The molecule has 32 heavy (non-hydrogen) atoms. The molecule has 3 aromatic rings. The molecule has 5 rings (SSSR count). The van der Waals surface area contributed by atoms with E-state index in [1.54, 1.807) is 0 Å². The lowest BCUT2D eigenvalue weighted by molar-refractivity contribution is 0.270. The number of hydrogen-bond acceptors (Lipinski definition) is 3. The number of hydrogen-bond donors (Lipinski definition) is 1. The van der Waals surface area contributed by atoms with Crippen molar-refractivity contribution in [2.24, 2.45) is 0 Å². The molecular formula is C28H30N2OS. The summed E-state index contributed by atoms with van der Waals surface area (Å²) in [6.45, 7) is 6.83. The molecule has 0 unspecified atom stereocenters. The van der Waals surface area contributed by atoms with Gasteiger partial charge in [-0.1, -0.05) is 86.3 Å². The third kappa shape index (κ3) is 3.32. The van der Waals surface area contributed by atoms with Crippen molar-refractivity contribution in [1.82, 2.24) is 0 Å². The van der Waals surface area contributed by atoms with E-state index in [1.165, 1.54) is 39.7 Å². The van der Waals surface area contributed by atoms with Crippen LogP contribution in [0.2, 0.25) is 0 Å². The molecule has 1 N–H and O–H groups in total. The molecule has 1 amide bonds. The van der Waals surface area contributed by atoms with E-state index in [0.29, 0.717) is 0 Å². The molecule has 0 spiro atoms. The number of rotatable bonds is 3. The van der Waals surface area contributed by atoms with Gasteiger partial charge in [0, 0.05) is 35.3 Å². The van der Waals surface area contributed by atoms with Crippen molar-refractivity contribution in [1.29, 1.82) is 0 Å². The summed E-state index contributed by atoms with van der Waals surface area (Å²) in [5, 5.41) is 3.11. The smallest absolute Gasteiger partial charge is 0.283 e. The van der Waals surface area contributed by atoms with Gasteiger partial charge in [0.2, 0.25) is 0 Å². The molecule has 3 aromatic carbocycles. The standard InChI is InChI=1S/C28H30N2OS/c1-27(20-10-6-4-7-11-20)14-16-30-17-15-28(2,21-12-8-5-9-13-21)24-19-22(29-26(31)32-3)18-23(27)25(24)30/h4-13,18-19H,14-17H2,1-3H3,(H,29,31)/t27-,28-/m0/s1. The molecule has 2 aliphatic rings. The molecule has 2 aliphatic heterocycles. The van der Waals surface area contributed by atoms with Gasteiger partial charge in [-0.3, -0.25) is 4.79 Å². The number of carbonyl (C=O) groups excluding carboxylic acids is 1. The topological polar surface area (TPSA) is 32.3 Å². The number of anilines is 2. The predicted molar refractivity (Wildman–Crippen MR) is 136 cm³/mol. The number of carbonyl (C=O) groups is 1. The van der Waals surface area contributed by atoms with Gasteiger partial charge >= 0.3 is 0 Å². The van der Waals surface area contributed by atoms with Crippen LogP contribution in [0, 0.1) is 0 Å². The lowest BCUT2D eigenvalue weighted by atomic mass is 9.64. The second kappa shape index (κ2) is 8.00. The van der Waals surface area contributed by atoms with Crippen molar-refractivity contribution in [3.8, 4) is 0 Å². The van der Waals surface area contributed by atoms with E-state index < -0.39 is 0 Å². The Morgan fingerprint density at radius 1 is 0.844 bits per heavy atom. The van der Waals surface area contributed by atoms with E-state index in [0.717, 1.165) is 31.6 Å². The number of nitrogens with one attached hydrogen (secondary N) is 1. The van der Waals surface area contributed by atoms with Gasteiger partial charge in [-0.25, -0.2) is 0 Å². The van der Waals surface area contributed by atoms with Crippen LogP contribution in [-0.4, -0.2) is 24.6 Å². The van der Waals surface area contributed by atoms with Crippen LogP contribution >= 0.6 is 11.8 Å². The summed E-state index contributed by atoms with van der Waals surface area (Å²) in [6, 6.07) is 26.1. The van der Waals surface area contributed by atoms with Gasteiger partial charge in [0.25, 0.3) is 5.24 Å². The van der Waals surface area contributed by atoms with Gasteiger partial charge in [-0.15, -0.1) is 0 Å². The van der Waals surface area contributed by atoms with Crippen molar-refractivity contribution in [2.75, 3.05) is 29.6 Å². The highest BCUT2D eigenvalue weighted by Crippen LogP contribution is 2.54. The number of amides is 1. The summed E-state index contributed by atoms with van der Waals surface area (Å²) in [6.07, 6.45) is 3.94. The Morgan fingerprint density at radius 2 is 1.31 bits per heavy atom. The molecular weight excluding hydrogens is 412 g/mol. The largest absolute Gasteiger partial charge is 0.371 e. The van der Waals surface area contributed by atoms with Crippen LogP contribution in [-0.2, 0) is 10.8 Å². The molecule has 0 bridgehead atoms. The van der Waals surface area contributed by atoms with E-state index in [-0.39, 0.29) is 16.1 Å². The van der Waals surface area contributed by atoms with Crippen molar-refractivity contribution in [3.05, 3.63) is 95.1 Å². The minimum Gasteiger partial charge on any atom is -0.371 e. The van der Waals surface area contributed by atoms with E-state index in [9.17, 15) is 4.79 Å². The van der Waals surface area contributed by atoms with E-state index >= 15 is 0 Å². The first-order valence-electron chi connectivity index (χ1n) is 11.4. The maximum Gasteiger partial charge on any atom is 0.283 e. The van der Waals surface area contributed by atoms with E-state index in [2.05, 4.69) is 96.9 Å². The van der Waals surface area contributed by atoms with E-state index in [4.69, 9.17) is 0 Å². The van der Waals surface area contributed by atoms with Crippen molar-refractivity contribution >= 4 is 28.4 Å². The molecule has 0 aromatic heterocycles. The third-order valence-corrected chi connectivity index (χ3v) is 8.11. The fourth-order valence-corrected chi connectivity index (χ4v) is 5.81. The minimum absolute atomic E-state index is 0.0246. The highest BCUT2D eigenvalue weighted by atomic mass is 32.2. The highest BCUT2D eigenvalue weighted by Gasteiger charge is 2.44. The molecule has 0 aliphatic carbocycles. The summed E-state index contributed by atoms with van der Waals surface area (Å²) in [4.78, 5) is 14.9. The van der Waals surface area contributed by atoms with Crippen LogP contribution < -0.4 is 10.2 Å². The molecule has 164 valence electrons. The average Bonchev–Trinajstić information content (AvgIpc) is 2.84. The maximum absolute atomic E-state index is 12.3. The Bertz CT molecular complexity index is 1070. The zero-order valence-corrected chi connectivity index (χ0v) is 19.8. The van der Waals surface area contributed by atoms with Gasteiger partial charge in [-0.2, -0.15) is 0 Å². The van der Waals surface area contributed by atoms with Gasteiger partial charge in [0.15, 0.2) is 0 Å². The molecule has 4 heteroatoms. The second-order valence-electron chi connectivity index (χ2n) is 9.42. The number of nitrogens with zero attached hydrogens (tertiary/aromatic N) is 1. The summed E-state index contributed by atoms with van der Waals surface area (Å²) in [7, 11) is 0. The van der Waals surface area contributed by atoms with Crippen LogP contribution in [0.4, 0.5) is 16.2 Å². The summed E-state index contributed by atoms with van der Waals surface area (Å²) >= 11 is 1.22. The Hall–Kier alpha value is -2.72. The first-order valence-corrected chi connectivity index (χ1v) is 12.6. The van der Waals surface area contributed by atoms with Gasteiger partial charge in [0.1, 0.15) is 0 Å². The van der Waals surface area contributed by atoms with Crippen LogP contribution in [0.15, 0.2) is 72.8 Å². The fraction of sp³-hybridized carbons (Fsp3) is 0.321. The number of benzene rings is 3. The van der Waals surface area contributed by atoms with Gasteiger partial charge in [0.05, 0.1) is 0 Å². The van der Waals surface area contributed by atoms with Crippen LogP contribution in [0.5, 0.6) is 0 Å². The summed E-state index contributed by atoms with van der Waals surface area (Å²) in [5.41, 5.74) is 7.38. The minimum atomic E-state index is -0.100.